The highest BCUT2D eigenvalue weighted by Gasteiger charge is 2.32. The second-order valence-electron chi connectivity index (χ2n) is 7.61. The molecule has 0 saturated carbocycles. The number of carbonyl (C=O) groups is 2. The van der Waals surface area contributed by atoms with E-state index >= 15 is 0 Å². The van der Waals surface area contributed by atoms with Crippen LogP contribution in [-0.4, -0.2) is 48.4 Å². The van der Waals surface area contributed by atoms with E-state index in [0.717, 1.165) is 35.5 Å². The van der Waals surface area contributed by atoms with Gasteiger partial charge in [-0.3, -0.25) is 0 Å². The lowest BCUT2D eigenvalue weighted by atomic mass is 10.0. The highest BCUT2D eigenvalue weighted by atomic mass is 32.1. The van der Waals surface area contributed by atoms with Gasteiger partial charge in [-0.1, -0.05) is 18.2 Å². The second-order valence-corrected chi connectivity index (χ2v) is 9.10. The standard InChI is InChI=1S/C23H27N3O4S2/c1-3-29-21(27)19-16-11-13-25(23(28)30-4-2)14-18(16)32-20(19)24-22(31)26-12-7-9-15-8-5-6-10-17(15)26/h5-6,8,10H,3-4,7,9,11-14H2,1-2H3,(H,24,31). The van der Waals surface area contributed by atoms with Gasteiger partial charge in [0, 0.05) is 23.7 Å². The van der Waals surface area contributed by atoms with Gasteiger partial charge in [0.05, 0.1) is 25.3 Å². The molecule has 170 valence electrons. The number of hydrogen-bond acceptors (Lipinski definition) is 6. The number of para-hydroxylation sites is 1. The lowest BCUT2D eigenvalue weighted by molar-refractivity contribution is 0.0526. The lowest BCUT2D eigenvalue weighted by Gasteiger charge is -2.31. The first kappa shape index (κ1) is 22.5. The van der Waals surface area contributed by atoms with Crippen LogP contribution in [0.15, 0.2) is 24.3 Å². The van der Waals surface area contributed by atoms with Crippen molar-refractivity contribution >= 4 is 51.4 Å². The number of anilines is 2. The molecule has 32 heavy (non-hydrogen) atoms. The van der Waals surface area contributed by atoms with Crippen LogP contribution >= 0.6 is 23.6 Å². The quantitative estimate of drug-likeness (QED) is 0.514. The molecule has 3 heterocycles. The zero-order valence-corrected chi connectivity index (χ0v) is 19.9. The Hall–Kier alpha value is -2.65. The molecule has 0 radical (unpaired) electrons. The van der Waals surface area contributed by atoms with Crippen LogP contribution < -0.4 is 10.2 Å². The first-order valence-corrected chi connectivity index (χ1v) is 12.2. The fourth-order valence-electron chi connectivity index (χ4n) is 4.19. The number of hydrogen-bond donors (Lipinski definition) is 1. The molecular formula is C23H27N3O4S2. The normalized spacial score (nSPS) is 14.9. The summed E-state index contributed by atoms with van der Waals surface area (Å²) >= 11 is 7.22. The van der Waals surface area contributed by atoms with E-state index in [0.29, 0.717) is 48.4 Å². The molecule has 1 aromatic heterocycles. The SMILES string of the molecule is CCOC(=O)c1c(NC(=S)N2CCCc3ccccc32)sc2c1CCN(C(=O)OCC)C2. The van der Waals surface area contributed by atoms with E-state index in [9.17, 15) is 9.59 Å². The van der Waals surface area contributed by atoms with E-state index < -0.39 is 0 Å². The number of esters is 1. The summed E-state index contributed by atoms with van der Waals surface area (Å²) in [4.78, 5) is 29.8. The maximum atomic E-state index is 12.9. The Morgan fingerprint density at radius 2 is 1.91 bits per heavy atom. The summed E-state index contributed by atoms with van der Waals surface area (Å²) in [5.74, 6) is -0.362. The van der Waals surface area contributed by atoms with Crippen molar-refractivity contribution in [2.24, 2.45) is 0 Å². The number of ether oxygens (including phenoxy) is 2. The minimum Gasteiger partial charge on any atom is -0.462 e. The number of aryl methyl sites for hydroxylation is 1. The predicted molar refractivity (Wildman–Crippen MR) is 130 cm³/mol. The van der Waals surface area contributed by atoms with Crippen LogP contribution in [0.25, 0.3) is 0 Å². The number of rotatable bonds is 4. The summed E-state index contributed by atoms with van der Waals surface area (Å²) in [7, 11) is 0. The molecular weight excluding hydrogens is 446 g/mol. The van der Waals surface area contributed by atoms with Crippen LogP contribution in [0.4, 0.5) is 15.5 Å². The van der Waals surface area contributed by atoms with Gasteiger partial charge in [-0.25, -0.2) is 9.59 Å². The van der Waals surface area contributed by atoms with E-state index in [4.69, 9.17) is 21.7 Å². The van der Waals surface area contributed by atoms with Gasteiger partial charge in [-0.05, 0) is 62.5 Å². The van der Waals surface area contributed by atoms with Gasteiger partial charge in [-0.2, -0.15) is 0 Å². The van der Waals surface area contributed by atoms with Crippen molar-refractivity contribution in [1.29, 1.82) is 0 Å². The van der Waals surface area contributed by atoms with Gasteiger partial charge in [-0.15, -0.1) is 11.3 Å². The van der Waals surface area contributed by atoms with Crippen molar-refractivity contribution in [3.05, 3.63) is 45.8 Å². The number of thiocarbonyl (C=S) groups is 1. The molecule has 1 N–H and O–H groups in total. The van der Waals surface area contributed by atoms with E-state index in [-0.39, 0.29) is 12.1 Å². The van der Waals surface area contributed by atoms with Crippen molar-refractivity contribution in [2.45, 2.75) is 39.7 Å². The summed E-state index contributed by atoms with van der Waals surface area (Å²) in [5.41, 5.74) is 3.83. The topological polar surface area (TPSA) is 71.1 Å². The average molecular weight is 474 g/mol. The molecule has 0 fully saturated rings. The average Bonchev–Trinajstić information content (AvgIpc) is 3.16. The Bertz CT molecular complexity index is 1040. The van der Waals surface area contributed by atoms with Crippen molar-refractivity contribution in [2.75, 3.05) is 36.5 Å². The highest BCUT2D eigenvalue weighted by molar-refractivity contribution is 7.80. The fraction of sp³-hybridized carbons (Fsp3) is 0.435. The van der Waals surface area contributed by atoms with Gasteiger partial charge in [0.25, 0.3) is 0 Å². The van der Waals surface area contributed by atoms with Crippen molar-refractivity contribution in [3.8, 4) is 0 Å². The molecule has 0 atom stereocenters. The Balaban J connectivity index is 1.62. The van der Waals surface area contributed by atoms with Gasteiger partial charge in [0.15, 0.2) is 5.11 Å². The molecule has 1 aromatic carbocycles. The maximum Gasteiger partial charge on any atom is 0.410 e. The number of fused-ring (bicyclic) bond motifs is 2. The van der Waals surface area contributed by atoms with Gasteiger partial charge < -0.3 is 24.6 Å². The van der Waals surface area contributed by atoms with Gasteiger partial charge in [0.1, 0.15) is 5.00 Å². The van der Waals surface area contributed by atoms with Crippen LogP contribution in [0.2, 0.25) is 0 Å². The Kier molecular flexibility index (Phi) is 6.95. The Morgan fingerprint density at radius 3 is 2.69 bits per heavy atom. The van der Waals surface area contributed by atoms with Crippen LogP contribution in [0.5, 0.6) is 0 Å². The summed E-state index contributed by atoms with van der Waals surface area (Å²) in [6.45, 7) is 5.94. The number of nitrogens with one attached hydrogen (secondary N) is 1. The van der Waals surface area contributed by atoms with Crippen LogP contribution in [0, 0.1) is 0 Å². The number of benzene rings is 1. The number of carbonyl (C=O) groups excluding carboxylic acids is 2. The van der Waals surface area contributed by atoms with Crippen molar-refractivity contribution < 1.29 is 19.1 Å². The van der Waals surface area contributed by atoms with E-state index in [1.165, 1.54) is 16.9 Å². The smallest absolute Gasteiger partial charge is 0.410 e. The lowest BCUT2D eigenvalue weighted by Crippen LogP contribution is -2.38. The molecule has 4 rings (SSSR count). The summed E-state index contributed by atoms with van der Waals surface area (Å²) < 4.78 is 10.5. The molecule has 2 aliphatic heterocycles. The number of nitrogens with zero attached hydrogens (tertiary/aromatic N) is 2. The zero-order valence-electron chi connectivity index (χ0n) is 18.3. The molecule has 7 nitrogen and oxygen atoms in total. The van der Waals surface area contributed by atoms with Crippen LogP contribution in [0.3, 0.4) is 0 Å². The van der Waals surface area contributed by atoms with E-state index in [1.54, 1.807) is 18.7 Å². The van der Waals surface area contributed by atoms with Crippen LogP contribution in [-0.2, 0) is 28.9 Å². The van der Waals surface area contributed by atoms with Gasteiger partial charge in [0.2, 0.25) is 0 Å². The van der Waals surface area contributed by atoms with E-state index in [1.807, 2.05) is 12.1 Å². The van der Waals surface area contributed by atoms with Crippen molar-refractivity contribution in [3.63, 3.8) is 0 Å². The molecule has 9 heteroatoms. The number of amides is 1. The largest absolute Gasteiger partial charge is 0.462 e. The minimum absolute atomic E-state index is 0.293. The highest BCUT2D eigenvalue weighted by Crippen LogP contribution is 2.38. The molecule has 0 aliphatic carbocycles. The second kappa shape index (κ2) is 9.87. The van der Waals surface area contributed by atoms with Gasteiger partial charge >= 0.3 is 12.1 Å². The summed E-state index contributed by atoms with van der Waals surface area (Å²) in [6.07, 6.45) is 2.28. The first-order valence-electron chi connectivity index (χ1n) is 10.9. The molecule has 1 amide bonds. The maximum absolute atomic E-state index is 12.9. The predicted octanol–water partition coefficient (Wildman–Crippen LogP) is 4.59. The van der Waals surface area contributed by atoms with E-state index in [2.05, 4.69) is 22.3 Å². The Morgan fingerprint density at radius 1 is 1.12 bits per heavy atom. The number of thiophene rings is 1. The molecule has 2 aliphatic rings. The molecule has 0 bridgehead atoms. The third-order valence-electron chi connectivity index (χ3n) is 5.64. The molecule has 0 spiro atoms. The van der Waals surface area contributed by atoms with Crippen LogP contribution in [0.1, 0.15) is 46.6 Å². The zero-order chi connectivity index (χ0) is 22.7. The summed E-state index contributed by atoms with van der Waals surface area (Å²) in [6, 6.07) is 8.26. The fourth-order valence-corrected chi connectivity index (χ4v) is 5.80. The van der Waals surface area contributed by atoms with Crippen molar-refractivity contribution in [1.82, 2.24) is 4.90 Å². The molecule has 0 saturated heterocycles. The minimum atomic E-state index is -0.362. The summed E-state index contributed by atoms with van der Waals surface area (Å²) in [5, 5.41) is 4.56. The Labute approximate surface area is 197 Å². The molecule has 2 aromatic rings. The monoisotopic (exact) mass is 473 g/mol. The third kappa shape index (κ3) is 4.45. The third-order valence-corrected chi connectivity index (χ3v) is 7.09. The molecule has 0 unspecified atom stereocenters. The first-order chi connectivity index (χ1) is 15.5.